The van der Waals surface area contributed by atoms with E-state index in [1.54, 1.807) is 19.4 Å². The molecule has 1 aromatic heterocycles. The normalized spacial score (nSPS) is 10.5. The van der Waals surface area contributed by atoms with Gasteiger partial charge in [0.05, 0.1) is 6.54 Å². The van der Waals surface area contributed by atoms with E-state index in [1.807, 2.05) is 13.0 Å². The summed E-state index contributed by atoms with van der Waals surface area (Å²) in [6.45, 7) is 2.50. The first-order valence-electron chi connectivity index (χ1n) is 3.49. The molecule has 1 heterocycles. The first-order chi connectivity index (χ1) is 5.18. The van der Waals surface area contributed by atoms with E-state index in [2.05, 4.69) is 4.98 Å². The molecule has 3 heteroatoms. The van der Waals surface area contributed by atoms with Gasteiger partial charge in [0, 0.05) is 19.4 Å². The molecular formula is C8H12N2O. The fraction of sp³-hybridized carbons (Fsp3) is 0.375. The van der Waals surface area contributed by atoms with Crippen LogP contribution in [-0.2, 0) is 6.54 Å². The largest absolute Gasteiger partial charge is 0.314 e. The number of pyridine rings is 1. The van der Waals surface area contributed by atoms with E-state index >= 15 is 0 Å². The van der Waals surface area contributed by atoms with Crippen LogP contribution in [0.15, 0.2) is 18.5 Å². The Morgan fingerprint density at radius 3 is 2.82 bits per heavy atom. The standard InChI is InChI=1S/C8H12N2O/c1-7-3-8(5-9-4-7)6-10(2)11/h3-5,11H,6H2,1-2H3. The SMILES string of the molecule is Cc1cncc(CN(C)O)c1. The van der Waals surface area contributed by atoms with Crippen LogP contribution in [0, 0.1) is 6.92 Å². The Balaban J connectivity index is 2.71. The molecule has 0 aromatic carbocycles. The van der Waals surface area contributed by atoms with Crippen molar-refractivity contribution in [1.29, 1.82) is 0 Å². The van der Waals surface area contributed by atoms with Crippen molar-refractivity contribution in [2.24, 2.45) is 0 Å². The van der Waals surface area contributed by atoms with Crippen LogP contribution in [0.5, 0.6) is 0 Å². The van der Waals surface area contributed by atoms with Gasteiger partial charge in [-0.2, -0.15) is 5.06 Å². The first kappa shape index (κ1) is 8.17. The van der Waals surface area contributed by atoms with Gasteiger partial charge in [-0.1, -0.05) is 6.07 Å². The highest BCUT2D eigenvalue weighted by Crippen LogP contribution is 2.02. The van der Waals surface area contributed by atoms with Gasteiger partial charge in [0.2, 0.25) is 0 Å². The summed E-state index contributed by atoms with van der Waals surface area (Å²) < 4.78 is 0. The molecule has 1 aromatic rings. The highest BCUT2D eigenvalue weighted by Gasteiger charge is 1.95. The van der Waals surface area contributed by atoms with Crippen LogP contribution in [-0.4, -0.2) is 22.3 Å². The molecule has 0 fully saturated rings. The van der Waals surface area contributed by atoms with Crippen molar-refractivity contribution in [3.05, 3.63) is 29.6 Å². The lowest BCUT2D eigenvalue weighted by atomic mass is 10.2. The minimum absolute atomic E-state index is 0.522. The lowest BCUT2D eigenvalue weighted by Crippen LogP contribution is -2.11. The minimum atomic E-state index is 0.522. The van der Waals surface area contributed by atoms with Crippen LogP contribution < -0.4 is 0 Å². The van der Waals surface area contributed by atoms with Gasteiger partial charge in [0.1, 0.15) is 0 Å². The second-order valence-corrected chi connectivity index (χ2v) is 2.69. The number of hydroxylamine groups is 2. The van der Waals surface area contributed by atoms with Crippen LogP contribution in [0.1, 0.15) is 11.1 Å². The average Bonchev–Trinajstić information content (AvgIpc) is 1.85. The molecular weight excluding hydrogens is 140 g/mol. The minimum Gasteiger partial charge on any atom is -0.314 e. The number of aromatic nitrogens is 1. The topological polar surface area (TPSA) is 36.4 Å². The Morgan fingerprint density at radius 2 is 2.27 bits per heavy atom. The quantitative estimate of drug-likeness (QED) is 0.647. The number of aryl methyl sites for hydroxylation is 1. The Morgan fingerprint density at radius 1 is 1.55 bits per heavy atom. The van der Waals surface area contributed by atoms with Crippen molar-refractivity contribution in [3.63, 3.8) is 0 Å². The van der Waals surface area contributed by atoms with Gasteiger partial charge < -0.3 is 5.21 Å². The summed E-state index contributed by atoms with van der Waals surface area (Å²) in [5.74, 6) is 0. The van der Waals surface area contributed by atoms with Crippen LogP contribution in [0.2, 0.25) is 0 Å². The smallest absolute Gasteiger partial charge is 0.0500 e. The Hall–Kier alpha value is -0.930. The molecule has 0 unspecified atom stereocenters. The molecule has 0 spiro atoms. The molecule has 11 heavy (non-hydrogen) atoms. The molecule has 0 saturated heterocycles. The van der Waals surface area contributed by atoms with Crippen LogP contribution in [0.3, 0.4) is 0 Å². The van der Waals surface area contributed by atoms with Crippen LogP contribution in [0.4, 0.5) is 0 Å². The fourth-order valence-corrected chi connectivity index (χ4v) is 0.968. The number of rotatable bonds is 2. The zero-order valence-corrected chi connectivity index (χ0v) is 6.78. The lowest BCUT2D eigenvalue weighted by molar-refractivity contribution is -0.0732. The second-order valence-electron chi connectivity index (χ2n) is 2.69. The molecule has 0 atom stereocenters. The molecule has 1 N–H and O–H groups in total. The summed E-state index contributed by atoms with van der Waals surface area (Å²) in [5.41, 5.74) is 2.14. The maximum absolute atomic E-state index is 8.90. The van der Waals surface area contributed by atoms with E-state index in [9.17, 15) is 0 Å². The van der Waals surface area contributed by atoms with Gasteiger partial charge >= 0.3 is 0 Å². The lowest BCUT2D eigenvalue weighted by Gasteiger charge is -2.07. The maximum atomic E-state index is 8.90. The Kier molecular flexibility index (Phi) is 2.57. The third kappa shape index (κ3) is 2.65. The summed E-state index contributed by atoms with van der Waals surface area (Å²) in [6.07, 6.45) is 3.54. The van der Waals surface area contributed by atoms with Crippen molar-refractivity contribution in [2.45, 2.75) is 13.5 Å². The Labute approximate surface area is 66.3 Å². The summed E-state index contributed by atoms with van der Waals surface area (Å²) >= 11 is 0. The monoisotopic (exact) mass is 152 g/mol. The van der Waals surface area contributed by atoms with E-state index in [-0.39, 0.29) is 0 Å². The van der Waals surface area contributed by atoms with Gasteiger partial charge in [-0.15, -0.1) is 0 Å². The first-order valence-corrected chi connectivity index (χ1v) is 3.49. The fourth-order valence-electron chi connectivity index (χ4n) is 0.968. The zero-order chi connectivity index (χ0) is 8.27. The van der Waals surface area contributed by atoms with Crippen molar-refractivity contribution >= 4 is 0 Å². The molecule has 0 bridgehead atoms. The molecule has 0 aliphatic rings. The number of hydrogen-bond donors (Lipinski definition) is 1. The van der Waals surface area contributed by atoms with Gasteiger partial charge in [-0.05, 0) is 18.1 Å². The van der Waals surface area contributed by atoms with Crippen LogP contribution in [0.25, 0.3) is 0 Å². The molecule has 0 amide bonds. The third-order valence-corrected chi connectivity index (χ3v) is 1.34. The molecule has 0 aliphatic heterocycles. The van der Waals surface area contributed by atoms with E-state index in [4.69, 9.17) is 5.21 Å². The maximum Gasteiger partial charge on any atom is 0.0500 e. The number of hydrogen-bond acceptors (Lipinski definition) is 3. The van der Waals surface area contributed by atoms with E-state index in [0.717, 1.165) is 16.2 Å². The molecule has 60 valence electrons. The van der Waals surface area contributed by atoms with Crippen LogP contribution >= 0.6 is 0 Å². The summed E-state index contributed by atoms with van der Waals surface area (Å²) in [7, 11) is 1.61. The van der Waals surface area contributed by atoms with Crippen molar-refractivity contribution in [2.75, 3.05) is 7.05 Å². The van der Waals surface area contributed by atoms with E-state index in [0.29, 0.717) is 6.54 Å². The Bertz CT molecular complexity index is 235. The second kappa shape index (κ2) is 3.46. The van der Waals surface area contributed by atoms with Gasteiger partial charge in [-0.25, -0.2) is 0 Å². The van der Waals surface area contributed by atoms with Crippen molar-refractivity contribution in [1.82, 2.24) is 10.0 Å². The highest BCUT2D eigenvalue weighted by atomic mass is 16.5. The van der Waals surface area contributed by atoms with E-state index in [1.165, 1.54) is 0 Å². The molecule has 3 nitrogen and oxygen atoms in total. The third-order valence-electron chi connectivity index (χ3n) is 1.34. The number of nitrogens with zero attached hydrogens (tertiary/aromatic N) is 2. The summed E-state index contributed by atoms with van der Waals surface area (Å²) in [5, 5.41) is 10.0. The predicted octanol–water partition coefficient (Wildman–Crippen LogP) is 1.21. The predicted molar refractivity (Wildman–Crippen MR) is 42.2 cm³/mol. The van der Waals surface area contributed by atoms with E-state index < -0.39 is 0 Å². The van der Waals surface area contributed by atoms with Gasteiger partial charge in [0.25, 0.3) is 0 Å². The summed E-state index contributed by atoms with van der Waals surface area (Å²) in [4.78, 5) is 4.00. The summed E-state index contributed by atoms with van der Waals surface area (Å²) in [6, 6.07) is 2.00. The van der Waals surface area contributed by atoms with Crippen molar-refractivity contribution < 1.29 is 5.21 Å². The van der Waals surface area contributed by atoms with Gasteiger partial charge in [0.15, 0.2) is 0 Å². The molecule has 0 saturated carbocycles. The molecule has 0 radical (unpaired) electrons. The van der Waals surface area contributed by atoms with Crippen molar-refractivity contribution in [3.8, 4) is 0 Å². The average molecular weight is 152 g/mol. The van der Waals surface area contributed by atoms with Gasteiger partial charge in [-0.3, -0.25) is 4.98 Å². The zero-order valence-electron chi connectivity index (χ0n) is 6.78. The highest BCUT2D eigenvalue weighted by molar-refractivity contribution is 5.15. The molecule has 1 rings (SSSR count). The molecule has 0 aliphatic carbocycles.